The van der Waals surface area contributed by atoms with Crippen molar-refractivity contribution in [2.75, 3.05) is 0 Å². The number of hydrogen-bond donors (Lipinski definition) is 0. The minimum absolute atomic E-state index is 0.987. The van der Waals surface area contributed by atoms with Crippen LogP contribution in [0.1, 0.15) is 0 Å². The molecule has 0 spiro atoms. The molecule has 0 aliphatic heterocycles. The Labute approximate surface area is 256 Å². The summed E-state index contributed by atoms with van der Waals surface area (Å²) in [4.78, 5) is 19.6. The molecule has 4 heterocycles. The first-order chi connectivity index (χ1) is 20.7. The summed E-state index contributed by atoms with van der Waals surface area (Å²) in [5.74, 6) is 0. The van der Waals surface area contributed by atoms with Crippen LogP contribution < -0.4 is 0 Å². The van der Waals surface area contributed by atoms with Crippen LogP contribution in [0.3, 0.4) is 0 Å². The lowest BCUT2D eigenvalue weighted by Crippen LogP contribution is -1.79. The third-order valence-electron chi connectivity index (χ3n) is 7.24. The lowest BCUT2D eigenvalue weighted by atomic mass is 10.1. The minimum atomic E-state index is 0.987. The lowest BCUT2D eigenvalue weighted by Gasteiger charge is -1.99. The van der Waals surface area contributed by atoms with Gasteiger partial charge in [0, 0.05) is 22.3 Å². The maximum atomic E-state index is 4.98. The van der Waals surface area contributed by atoms with Gasteiger partial charge in [0.15, 0.2) is 0 Å². The second-order valence-electron chi connectivity index (χ2n) is 9.95. The zero-order valence-electron chi connectivity index (χ0n) is 21.8. The number of benzene rings is 5. The molecule has 9 aromatic rings. The van der Waals surface area contributed by atoms with Gasteiger partial charge in [0.25, 0.3) is 0 Å². The SMILES string of the molecule is c1ccc2sc(-c3ccc(-c4nc5cc6nc(-c7ccc(-c8nc9ccccc9s8)cc7)sc6cc5s4)cc3)nc2c1. The summed E-state index contributed by atoms with van der Waals surface area (Å²) in [7, 11) is 0. The highest BCUT2D eigenvalue weighted by Crippen LogP contribution is 2.39. The molecule has 0 N–H and O–H groups in total. The fourth-order valence-electron chi connectivity index (χ4n) is 5.10. The van der Waals surface area contributed by atoms with Gasteiger partial charge in [-0.25, -0.2) is 19.9 Å². The van der Waals surface area contributed by atoms with Crippen LogP contribution in [-0.2, 0) is 0 Å². The fraction of sp³-hybridized carbons (Fsp3) is 0. The molecule has 0 bridgehead atoms. The molecule has 0 unspecified atom stereocenters. The summed E-state index contributed by atoms with van der Waals surface area (Å²) >= 11 is 6.90. The predicted octanol–water partition coefficient (Wildman–Crippen LogP) is 10.8. The zero-order valence-corrected chi connectivity index (χ0v) is 25.1. The van der Waals surface area contributed by atoms with Crippen LogP contribution >= 0.6 is 45.3 Å². The molecular formula is C34H18N4S4. The highest BCUT2D eigenvalue weighted by molar-refractivity contribution is 7.24. The van der Waals surface area contributed by atoms with Crippen LogP contribution in [0.2, 0.25) is 0 Å². The van der Waals surface area contributed by atoms with Crippen LogP contribution in [-0.4, -0.2) is 19.9 Å². The average Bonchev–Trinajstić information content (AvgIpc) is 3.83. The van der Waals surface area contributed by atoms with Gasteiger partial charge >= 0.3 is 0 Å². The van der Waals surface area contributed by atoms with Crippen LogP contribution in [0.4, 0.5) is 0 Å². The Kier molecular flexibility index (Phi) is 5.55. The van der Waals surface area contributed by atoms with Gasteiger partial charge in [-0.1, -0.05) is 72.8 Å². The van der Waals surface area contributed by atoms with Gasteiger partial charge in [-0.05, 0) is 36.4 Å². The van der Waals surface area contributed by atoms with Crippen LogP contribution in [0.5, 0.6) is 0 Å². The molecule has 42 heavy (non-hydrogen) atoms. The molecule has 8 heteroatoms. The van der Waals surface area contributed by atoms with Gasteiger partial charge < -0.3 is 0 Å². The van der Waals surface area contributed by atoms with Gasteiger partial charge in [0.1, 0.15) is 20.0 Å². The van der Waals surface area contributed by atoms with Crippen LogP contribution in [0, 0.1) is 0 Å². The molecule has 0 saturated carbocycles. The van der Waals surface area contributed by atoms with E-state index in [0.29, 0.717) is 0 Å². The molecule has 0 aliphatic carbocycles. The monoisotopic (exact) mass is 610 g/mol. The van der Waals surface area contributed by atoms with E-state index in [0.717, 1.165) is 64.4 Å². The van der Waals surface area contributed by atoms with E-state index in [1.54, 1.807) is 45.3 Å². The van der Waals surface area contributed by atoms with Gasteiger partial charge in [-0.15, -0.1) is 45.3 Å². The Morgan fingerprint density at radius 1 is 0.310 bits per heavy atom. The molecule has 198 valence electrons. The maximum absolute atomic E-state index is 4.98. The topological polar surface area (TPSA) is 51.6 Å². The van der Waals surface area contributed by atoms with Crippen LogP contribution in [0.15, 0.2) is 109 Å². The smallest absolute Gasteiger partial charge is 0.124 e. The van der Waals surface area contributed by atoms with Crippen molar-refractivity contribution >= 4 is 86.2 Å². The minimum Gasteiger partial charge on any atom is -0.236 e. The van der Waals surface area contributed by atoms with E-state index >= 15 is 0 Å². The third-order valence-corrected chi connectivity index (χ3v) is 11.5. The fourth-order valence-corrected chi connectivity index (χ4v) is 9.10. The van der Waals surface area contributed by atoms with Crippen molar-refractivity contribution in [2.45, 2.75) is 0 Å². The molecule has 0 atom stereocenters. The Morgan fingerprint density at radius 2 is 0.643 bits per heavy atom. The molecule has 4 aromatic heterocycles. The summed E-state index contributed by atoms with van der Waals surface area (Å²) in [6.45, 7) is 0. The first-order valence-electron chi connectivity index (χ1n) is 13.4. The first kappa shape index (κ1) is 24.3. The van der Waals surface area contributed by atoms with Gasteiger partial charge in [-0.3, -0.25) is 0 Å². The highest BCUT2D eigenvalue weighted by atomic mass is 32.1. The Balaban J connectivity index is 0.995. The van der Waals surface area contributed by atoms with E-state index in [1.807, 2.05) is 12.1 Å². The number of fused-ring (bicyclic) bond motifs is 4. The van der Waals surface area contributed by atoms with E-state index < -0.39 is 0 Å². The molecule has 0 radical (unpaired) electrons. The number of hydrogen-bond acceptors (Lipinski definition) is 8. The summed E-state index contributed by atoms with van der Waals surface area (Å²) in [5, 5.41) is 4.12. The molecule has 5 aromatic carbocycles. The van der Waals surface area contributed by atoms with Gasteiger partial charge in [-0.2, -0.15) is 0 Å². The van der Waals surface area contributed by atoms with Crippen molar-refractivity contribution in [2.24, 2.45) is 0 Å². The molecular weight excluding hydrogens is 593 g/mol. The van der Waals surface area contributed by atoms with Crippen molar-refractivity contribution in [3.63, 3.8) is 0 Å². The van der Waals surface area contributed by atoms with Crippen molar-refractivity contribution in [1.82, 2.24) is 19.9 Å². The Morgan fingerprint density at radius 3 is 1.02 bits per heavy atom. The van der Waals surface area contributed by atoms with Gasteiger partial charge in [0.2, 0.25) is 0 Å². The number of rotatable bonds is 4. The molecule has 0 fully saturated rings. The first-order valence-corrected chi connectivity index (χ1v) is 16.6. The lowest BCUT2D eigenvalue weighted by molar-refractivity contribution is 1.44. The van der Waals surface area contributed by atoms with E-state index in [9.17, 15) is 0 Å². The zero-order chi connectivity index (χ0) is 27.6. The van der Waals surface area contributed by atoms with E-state index in [2.05, 4.69) is 97.1 Å². The van der Waals surface area contributed by atoms with Crippen molar-refractivity contribution < 1.29 is 0 Å². The summed E-state index contributed by atoms with van der Waals surface area (Å²) in [6.07, 6.45) is 0. The van der Waals surface area contributed by atoms with E-state index in [4.69, 9.17) is 19.9 Å². The standard InChI is InChI=1S/C34H18N4S4/c1-3-7-27-23(5-1)35-31(39-27)19-9-13-21(14-10-19)33-37-25-17-26-30(18-29(25)41-33)42-34(38-26)22-15-11-20(12-16-22)32-36-24-6-2-4-8-28(24)40-32/h1-18H. The van der Waals surface area contributed by atoms with Crippen molar-refractivity contribution in [1.29, 1.82) is 0 Å². The Bertz CT molecular complexity index is 2130. The van der Waals surface area contributed by atoms with Gasteiger partial charge in [0.05, 0.1) is 40.9 Å². The molecule has 0 aliphatic rings. The van der Waals surface area contributed by atoms with Crippen molar-refractivity contribution in [3.8, 4) is 42.3 Å². The molecule has 9 rings (SSSR count). The second kappa shape index (κ2) is 9.61. The summed E-state index contributed by atoms with van der Waals surface area (Å²) in [5.41, 5.74) is 8.56. The average molecular weight is 611 g/mol. The molecule has 4 nitrogen and oxygen atoms in total. The van der Waals surface area contributed by atoms with E-state index in [-0.39, 0.29) is 0 Å². The normalized spacial score (nSPS) is 11.8. The van der Waals surface area contributed by atoms with Crippen molar-refractivity contribution in [3.05, 3.63) is 109 Å². The summed E-state index contributed by atoms with van der Waals surface area (Å²) < 4.78 is 4.77. The number of thiazole rings is 4. The highest BCUT2D eigenvalue weighted by Gasteiger charge is 2.14. The molecule has 0 saturated heterocycles. The van der Waals surface area contributed by atoms with E-state index in [1.165, 1.54) is 18.8 Å². The Hall–Kier alpha value is -4.34. The quantitative estimate of drug-likeness (QED) is 0.199. The predicted molar refractivity (Wildman–Crippen MR) is 181 cm³/mol. The molecule has 0 amide bonds. The number of nitrogens with zero attached hydrogens (tertiary/aromatic N) is 4. The third kappa shape index (κ3) is 4.15. The maximum Gasteiger partial charge on any atom is 0.124 e. The van der Waals surface area contributed by atoms with Crippen LogP contribution in [0.25, 0.3) is 83.2 Å². The number of para-hydroxylation sites is 2. The summed E-state index contributed by atoms with van der Waals surface area (Å²) in [6, 6.07) is 38.1. The second-order valence-corrected chi connectivity index (χ2v) is 14.1. The number of aromatic nitrogens is 4. The largest absolute Gasteiger partial charge is 0.236 e.